The maximum Gasteiger partial charge on any atom is 0.416 e. The predicted octanol–water partition coefficient (Wildman–Crippen LogP) is 5.03. The van der Waals surface area contributed by atoms with E-state index in [-0.39, 0.29) is 17.5 Å². The quantitative estimate of drug-likeness (QED) is 0.679. The Morgan fingerprint density at radius 2 is 1.68 bits per heavy atom. The zero-order valence-electron chi connectivity index (χ0n) is 12.5. The van der Waals surface area contributed by atoms with Crippen LogP contribution in [0.5, 0.6) is 0 Å². The molecule has 5 nitrogen and oxygen atoms in total. The maximum absolute atomic E-state index is 12.8. The van der Waals surface area contributed by atoms with Crippen LogP contribution in [-0.2, 0) is 6.18 Å². The number of aromatic nitrogens is 3. The second-order valence-electron chi connectivity index (χ2n) is 5.00. The lowest BCUT2D eigenvalue weighted by atomic mass is 10.2. The molecule has 2 N–H and O–H groups in total. The highest BCUT2D eigenvalue weighted by atomic mass is 35.5. The molecule has 0 saturated heterocycles. The van der Waals surface area contributed by atoms with Crippen molar-refractivity contribution < 1.29 is 13.2 Å². The fourth-order valence-corrected chi connectivity index (χ4v) is 2.13. The van der Waals surface area contributed by atoms with E-state index in [4.69, 9.17) is 11.6 Å². The van der Waals surface area contributed by atoms with Crippen molar-refractivity contribution in [3.63, 3.8) is 0 Å². The molecule has 3 aromatic rings. The Hall–Kier alpha value is -2.87. The van der Waals surface area contributed by atoms with Gasteiger partial charge in [0.05, 0.1) is 11.8 Å². The summed E-state index contributed by atoms with van der Waals surface area (Å²) < 4.78 is 38.3. The van der Waals surface area contributed by atoms with E-state index in [2.05, 4.69) is 25.8 Å². The van der Waals surface area contributed by atoms with Crippen molar-refractivity contribution >= 4 is 34.7 Å². The summed E-state index contributed by atoms with van der Waals surface area (Å²) in [5.74, 6) is 0.449. The lowest BCUT2D eigenvalue weighted by molar-refractivity contribution is -0.137. The minimum Gasteiger partial charge on any atom is -0.339 e. The summed E-state index contributed by atoms with van der Waals surface area (Å²) in [5.41, 5.74) is 0.189. The molecule has 0 aliphatic heterocycles. The minimum absolute atomic E-state index is 0.194. The number of anilines is 4. The van der Waals surface area contributed by atoms with Crippen molar-refractivity contribution in [2.75, 3.05) is 10.6 Å². The second kappa shape index (κ2) is 6.94. The van der Waals surface area contributed by atoms with Gasteiger partial charge in [-0.25, -0.2) is 0 Å². The Morgan fingerprint density at radius 1 is 0.920 bits per heavy atom. The first kappa shape index (κ1) is 17.0. The van der Waals surface area contributed by atoms with Gasteiger partial charge < -0.3 is 10.6 Å². The number of rotatable bonds is 4. The number of hydrogen-bond acceptors (Lipinski definition) is 5. The summed E-state index contributed by atoms with van der Waals surface area (Å²) in [4.78, 5) is 4.17. The van der Waals surface area contributed by atoms with Crippen molar-refractivity contribution in [3.8, 4) is 0 Å². The molecule has 25 heavy (non-hydrogen) atoms. The van der Waals surface area contributed by atoms with Crippen LogP contribution >= 0.6 is 11.6 Å². The molecule has 0 aliphatic rings. The van der Waals surface area contributed by atoms with Crippen LogP contribution in [0, 0.1) is 0 Å². The van der Waals surface area contributed by atoms with Crippen LogP contribution in [0.25, 0.3) is 0 Å². The number of hydrogen-bond donors (Lipinski definition) is 2. The zero-order chi connectivity index (χ0) is 17.9. The van der Waals surface area contributed by atoms with Crippen LogP contribution in [0.15, 0.2) is 54.7 Å². The molecule has 1 aromatic heterocycles. The van der Waals surface area contributed by atoms with Crippen molar-refractivity contribution in [1.29, 1.82) is 0 Å². The average molecular weight is 366 g/mol. The highest BCUT2D eigenvalue weighted by Crippen LogP contribution is 2.31. The minimum atomic E-state index is -4.41. The third-order valence-electron chi connectivity index (χ3n) is 3.12. The topological polar surface area (TPSA) is 62.7 Å². The van der Waals surface area contributed by atoms with E-state index in [9.17, 15) is 13.2 Å². The molecule has 0 spiro atoms. The molecule has 0 aliphatic carbocycles. The van der Waals surface area contributed by atoms with Gasteiger partial charge in [0, 0.05) is 16.4 Å². The molecule has 0 unspecified atom stereocenters. The molecule has 0 radical (unpaired) electrons. The van der Waals surface area contributed by atoms with Crippen LogP contribution < -0.4 is 10.6 Å². The summed E-state index contributed by atoms with van der Waals surface area (Å²) in [5, 5.41) is 13.9. The molecule has 0 atom stereocenters. The van der Waals surface area contributed by atoms with Gasteiger partial charge in [-0.2, -0.15) is 23.3 Å². The number of benzene rings is 2. The summed E-state index contributed by atoms with van der Waals surface area (Å²) >= 11 is 5.81. The standard InChI is InChI=1S/C16H11ClF3N5/c17-11-4-6-12(7-5-11)23-15-24-14(9-21-25-15)22-13-3-1-2-10(8-13)16(18,19)20/h1-9H,(H2,22,23,24,25). The zero-order valence-corrected chi connectivity index (χ0v) is 13.3. The van der Waals surface area contributed by atoms with Gasteiger partial charge >= 0.3 is 6.18 Å². The molecule has 0 fully saturated rings. The SMILES string of the molecule is FC(F)(F)c1cccc(Nc2cnnc(Nc3ccc(Cl)cc3)n2)c1. The lowest BCUT2D eigenvalue weighted by Gasteiger charge is -2.10. The molecule has 128 valence electrons. The van der Waals surface area contributed by atoms with Crippen LogP contribution in [0.4, 0.5) is 36.3 Å². The highest BCUT2D eigenvalue weighted by Gasteiger charge is 2.30. The van der Waals surface area contributed by atoms with Crippen LogP contribution in [0.3, 0.4) is 0 Å². The molecule has 0 bridgehead atoms. The van der Waals surface area contributed by atoms with Gasteiger partial charge in [0.2, 0.25) is 5.95 Å². The van der Waals surface area contributed by atoms with Gasteiger partial charge in [-0.05, 0) is 42.5 Å². The number of nitrogens with one attached hydrogen (secondary N) is 2. The molecule has 0 saturated carbocycles. The third kappa shape index (κ3) is 4.57. The normalized spacial score (nSPS) is 11.2. The van der Waals surface area contributed by atoms with Gasteiger partial charge in [0.15, 0.2) is 5.82 Å². The number of halogens is 4. The van der Waals surface area contributed by atoms with E-state index in [0.29, 0.717) is 10.7 Å². The first-order chi connectivity index (χ1) is 11.9. The van der Waals surface area contributed by atoms with Gasteiger partial charge in [0.25, 0.3) is 0 Å². The summed E-state index contributed by atoms with van der Waals surface area (Å²) in [6.07, 6.45) is -3.10. The van der Waals surface area contributed by atoms with Crippen molar-refractivity contribution in [3.05, 3.63) is 65.3 Å². The second-order valence-corrected chi connectivity index (χ2v) is 5.44. The number of alkyl halides is 3. The van der Waals surface area contributed by atoms with Gasteiger partial charge in [-0.3, -0.25) is 0 Å². The fraction of sp³-hybridized carbons (Fsp3) is 0.0625. The smallest absolute Gasteiger partial charge is 0.339 e. The first-order valence-electron chi connectivity index (χ1n) is 7.07. The lowest BCUT2D eigenvalue weighted by Crippen LogP contribution is -2.06. The first-order valence-corrected chi connectivity index (χ1v) is 7.44. The predicted molar refractivity (Wildman–Crippen MR) is 89.3 cm³/mol. The summed E-state index contributed by atoms with van der Waals surface area (Å²) in [6.45, 7) is 0. The summed E-state index contributed by atoms with van der Waals surface area (Å²) in [7, 11) is 0. The van der Waals surface area contributed by atoms with E-state index in [1.807, 2.05) is 0 Å². The van der Waals surface area contributed by atoms with Gasteiger partial charge in [0.1, 0.15) is 0 Å². The molecule has 0 amide bonds. The molecule has 9 heteroatoms. The van der Waals surface area contributed by atoms with Gasteiger partial charge in [-0.1, -0.05) is 17.7 Å². The Labute approximate surface area is 145 Å². The molecular weight excluding hydrogens is 355 g/mol. The van der Waals surface area contributed by atoms with E-state index in [0.717, 1.165) is 12.1 Å². The van der Waals surface area contributed by atoms with E-state index in [1.165, 1.54) is 18.3 Å². The molecule has 3 rings (SSSR count). The molecule has 1 heterocycles. The van der Waals surface area contributed by atoms with E-state index in [1.54, 1.807) is 24.3 Å². The highest BCUT2D eigenvalue weighted by molar-refractivity contribution is 6.30. The third-order valence-corrected chi connectivity index (χ3v) is 3.37. The van der Waals surface area contributed by atoms with Crippen molar-refractivity contribution in [2.45, 2.75) is 6.18 Å². The fourth-order valence-electron chi connectivity index (χ4n) is 2.00. The van der Waals surface area contributed by atoms with Crippen molar-refractivity contribution in [2.24, 2.45) is 0 Å². The monoisotopic (exact) mass is 365 g/mol. The van der Waals surface area contributed by atoms with E-state index < -0.39 is 11.7 Å². The maximum atomic E-state index is 12.8. The number of nitrogens with zero attached hydrogens (tertiary/aromatic N) is 3. The van der Waals surface area contributed by atoms with Gasteiger partial charge in [-0.15, -0.1) is 5.10 Å². The summed E-state index contributed by atoms with van der Waals surface area (Å²) in [6, 6.07) is 11.7. The molecular formula is C16H11ClF3N5. The van der Waals surface area contributed by atoms with Crippen LogP contribution in [0.1, 0.15) is 5.56 Å². The molecule has 2 aromatic carbocycles. The average Bonchev–Trinajstić information content (AvgIpc) is 2.57. The van der Waals surface area contributed by atoms with Crippen LogP contribution in [-0.4, -0.2) is 15.2 Å². The van der Waals surface area contributed by atoms with Crippen molar-refractivity contribution in [1.82, 2.24) is 15.2 Å². The van der Waals surface area contributed by atoms with Crippen LogP contribution in [0.2, 0.25) is 5.02 Å². The van der Waals surface area contributed by atoms with E-state index >= 15 is 0 Å². The Balaban J connectivity index is 1.77. The largest absolute Gasteiger partial charge is 0.416 e. The Bertz CT molecular complexity index is 868. The Morgan fingerprint density at radius 3 is 2.40 bits per heavy atom. The Kier molecular flexibility index (Phi) is 4.71.